The summed E-state index contributed by atoms with van der Waals surface area (Å²) in [5.74, 6) is 1.56. The molecule has 2 saturated heterocycles. The number of H-pyrrole nitrogens is 1. The predicted molar refractivity (Wildman–Crippen MR) is 332 cm³/mol. The maximum Gasteiger partial charge on any atom is 0.279 e. The molecule has 0 radical (unpaired) electrons. The van der Waals surface area contributed by atoms with Gasteiger partial charge in [-0.3, -0.25) is 29.8 Å². The first-order chi connectivity index (χ1) is 42.9. The Morgan fingerprint density at radius 1 is 0.682 bits per heavy atom. The molecule has 23 nitrogen and oxygen atoms in total. The number of fused-ring (bicyclic) bond motifs is 3. The van der Waals surface area contributed by atoms with Crippen molar-refractivity contribution in [2.45, 2.75) is 76.7 Å². The number of amides is 2. The minimum atomic E-state index is -0.653. The summed E-state index contributed by atoms with van der Waals surface area (Å²) >= 11 is 0. The number of aliphatic hydroxyl groups excluding tert-OH is 1. The average molecular weight is 1220 g/mol. The number of rotatable bonds is 40. The molecule has 480 valence electrons. The second-order valence-corrected chi connectivity index (χ2v) is 22.9. The van der Waals surface area contributed by atoms with E-state index in [1.54, 1.807) is 24.3 Å². The number of nitro benzene ring substituents is 2. The van der Waals surface area contributed by atoms with Gasteiger partial charge in [-0.05, 0) is 148 Å². The van der Waals surface area contributed by atoms with Crippen LogP contribution in [0.2, 0.25) is 0 Å². The van der Waals surface area contributed by atoms with Gasteiger partial charge in [-0.2, -0.15) is 0 Å². The molecular weight excluding hydrogens is 1130 g/mol. The number of carbonyl (C=O) groups is 2. The highest BCUT2D eigenvalue weighted by Gasteiger charge is 2.46. The summed E-state index contributed by atoms with van der Waals surface area (Å²) in [6, 6.07) is 24.9. The number of nitrogens with one attached hydrogen (secondary N) is 3. The maximum absolute atomic E-state index is 13.7. The predicted octanol–water partition coefficient (Wildman–Crippen LogP) is 8.67. The van der Waals surface area contributed by atoms with Crippen molar-refractivity contribution in [1.82, 2.24) is 20.1 Å². The Kier molecular flexibility index (Phi) is 27.2. The second-order valence-electron chi connectivity index (χ2n) is 22.9. The lowest BCUT2D eigenvalue weighted by Crippen LogP contribution is -2.52. The quantitative estimate of drug-likeness (QED) is 0.0162. The standard InChI is InChI=1S/C65H89N7O16/c1-48-8-16-57-59(41-48)67-47-65(57)20-24-69(45-49(65)2)46-62(73)51-18-22-70(23-19-51)64(75)60-43-53-42-56(15-17-58(53)68-60)88-55-13-10-52(11-14-55)63(74)66-21-28-83-32-36-84-33-29-80-25-4-3-5-26-81-30-34-85-37-39-87-40-38-86-35-31-82-27-6-7-50-9-12-54(71(76)77)44-61(50)72(78)79/h8-17,41-44,49,51,62,67-68,73H,3-7,18-40,45-47H2,1-2H3,(H,66,74)/t49-,62-,65+/m1/s1. The SMILES string of the molecule is Cc1ccc2c(c1)NC[C@]21CCN(C[C@@H](O)C2CCN(C(=O)c3cc4cc(Oc5ccc(C(=O)NCCOCCOCCOCCCCCOCCOCCOCCOCCOCCCc6ccc([N+](=O)[O-])cc6[N+](=O)[O-])cc5)ccc4[nH]3)CC2)C[C@H]1C. The first kappa shape index (κ1) is 67.3. The number of aryl methyl sites for hydroxylation is 2. The van der Waals surface area contributed by atoms with Crippen molar-refractivity contribution in [3.63, 3.8) is 0 Å². The number of hydrogen-bond acceptors (Lipinski definition) is 18. The number of unbranched alkanes of at least 4 members (excludes halogenated alkanes) is 2. The monoisotopic (exact) mass is 1220 g/mol. The Balaban J connectivity index is 0.560. The summed E-state index contributed by atoms with van der Waals surface area (Å²) in [6.45, 7) is 17.0. The molecule has 5 aromatic rings. The van der Waals surface area contributed by atoms with Crippen LogP contribution in [0.25, 0.3) is 10.9 Å². The molecule has 0 unspecified atom stereocenters. The van der Waals surface area contributed by atoms with Gasteiger partial charge in [-0.15, -0.1) is 0 Å². The lowest BCUT2D eigenvalue weighted by atomic mass is 9.67. The molecule has 4 N–H and O–H groups in total. The molecule has 88 heavy (non-hydrogen) atoms. The highest BCUT2D eigenvalue weighted by Crippen LogP contribution is 2.47. The number of nitrogens with zero attached hydrogens (tertiary/aromatic N) is 4. The molecule has 1 spiro atoms. The number of aromatic nitrogens is 1. The smallest absolute Gasteiger partial charge is 0.279 e. The van der Waals surface area contributed by atoms with Crippen LogP contribution >= 0.6 is 0 Å². The van der Waals surface area contributed by atoms with E-state index in [1.165, 1.54) is 28.9 Å². The highest BCUT2D eigenvalue weighted by atomic mass is 16.6. The summed E-state index contributed by atoms with van der Waals surface area (Å²) in [6.07, 6.45) is 5.97. The second kappa shape index (κ2) is 35.5. The highest BCUT2D eigenvalue weighted by molar-refractivity contribution is 5.98. The van der Waals surface area contributed by atoms with Crippen LogP contribution < -0.4 is 15.4 Å². The lowest BCUT2D eigenvalue weighted by molar-refractivity contribution is -0.394. The van der Waals surface area contributed by atoms with Crippen molar-refractivity contribution in [3.8, 4) is 11.5 Å². The molecule has 3 aliphatic heterocycles. The Hall–Kier alpha value is -6.64. The van der Waals surface area contributed by atoms with Crippen molar-refractivity contribution < 1.29 is 67.2 Å². The van der Waals surface area contributed by atoms with Gasteiger partial charge in [0, 0.05) is 98.3 Å². The largest absolute Gasteiger partial charge is 0.457 e. The fourth-order valence-corrected chi connectivity index (χ4v) is 11.7. The Morgan fingerprint density at radius 3 is 1.90 bits per heavy atom. The van der Waals surface area contributed by atoms with E-state index in [0.717, 1.165) is 75.1 Å². The molecule has 3 atom stereocenters. The third-order valence-electron chi connectivity index (χ3n) is 16.7. The number of β-amino-alcohol motifs (C(OH)–C–C–N with tert-alkyl or cyclic N) is 1. The number of nitro groups is 2. The molecule has 0 aliphatic carbocycles. The topological polar surface area (TPSA) is 270 Å². The van der Waals surface area contributed by atoms with Crippen LogP contribution in [-0.2, 0) is 49.7 Å². The van der Waals surface area contributed by atoms with Crippen LogP contribution in [0, 0.1) is 39.0 Å². The van der Waals surface area contributed by atoms with Crippen LogP contribution in [-0.4, -0.2) is 199 Å². The number of ether oxygens (including phenoxy) is 9. The average Bonchev–Trinajstić information content (AvgIpc) is 2.39. The van der Waals surface area contributed by atoms with Gasteiger partial charge in [0.05, 0.1) is 108 Å². The normalized spacial score (nSPS) is 17.3. The number of piperidine rings is 2. The van der Waals surface area contributed by atoms with E-state index in [0.29, 0.717) is 179 Å². The molecule has 2 amide bonds. The van der Waals surface area contributed by atoms with Crippen LogP contribution in [0.4, 0.5) is 17.1 Å². The van der Waals surface area contributed by atoms with Crippen molar-refractivity contribution in [2.24, 2.45) is 11.8 Å². The minimum absolute atomic E-state index is 0.0429. The molecule has 0 bridgehead atoms. The first-order valence-electron chi connectivity index (χ1n) is 31.1. The van der Waals surface area contributed by atoms with Crippen molar-refractivity contribution in [3.05, 3.63) is 133 Å². The summed E-state index contributed by atoms with van der Waals surface area (Å²) in [7, 11) is 0. The number of benzene rings is 4. The van der Waals surface area contributed by atoms with Gasteiger partial charge in [0.15, 0.2) is 0 Å². The molecule has 3 aliphatic rings. The van der Waals surface area contributed by atoms with Crippen molar-refractivity contribution >= 4 is 39.8 Å². The van der Waals surface area contributed by atoms with Crippen LogP contribution in [0.15, 0.2) is 84.9 Å². The third kappa shape index (κ3) is 20.5. The minimum Gasteiger partial charge on any atom is -0.457 e. The fraction of sp³-hybridized carbons (Fsp3) is 0.569. The van der Waals surface area contributed by atoms with E-state index in [9.17, 15) is 34.9 Å². The summed E-state index contributed by atoms with van der Waals surface area (Å²) in [4.78, 5) is 55.0. The van der Waals surface area contributed by atoms with E-state index < -0.39 is 16.0 Å². The number of likely N-dealkylation sites (tertiary alicyclic amines) is 2. The third-order valence-corrected chi connectivity index (χ3v) is 16.7. The molecule has 8 rings (SSSR count). The van der Waals surface area contributed by atoms with Gasteiger partial charge in [0.1, 0.15) is 17.2 Å². The van der Waals surface area contributed by atoms with Crippen LogP contribution in [0.3, 0.4) is 0 Å². The molecule has 23 heteroatoms. The molecular formula is C65H89N7O16. The summed E-state index contributed by atoms with van der Waals surface area (Å²) in [5.41, 5.74) is 5.88. The maximum atomic E-state index is 13.7. The van der Waals surface area contributed by atoms with Gasteiger partial charge in [0.25, 0.3) is 23.2 Å². The van der Waals surface area contributed by atoms with E-state index in [-0.39, 0.29) is 34.5 Å². The zero-order valence-electron chi connectivity index (χ0n) is 51.1. The Bertz CT molecular complexity index is 2980. The number of non-ortho nitro benzene ring substituents is 1. The number of anilines is 1. The van der Waals surface area contributed by atoms with Crippen LogP contribution in [0.1, 0.15) is 89.4 Å². The molecule has 0 saturated carbocycles. The van der Waals surface area contributed by atoms with E-state index >= 15 is 0 Å². The van der Waals surface area contributed by atoms with Crippen molar-refractivity contribution in [1.29, 1.82) is 0 Å². The number of hydrogen-bond donors (Lipinski definition) is 4. The van der Waals surface area contributed by atoms with Gasteiger partial charge in [-0.1, -0.05) is 19.1 Å². The van der Waals surface area contributed by atoms with Crippen LogP contribution in [0.5, 0.6) is 11.5 Å². The lowest BCUT2D eigenvalue weighted by Gasteiger charge is -2.46. The molecule has 4 heterocycles. The van der Waals surface area contributed by atoms with Crippen molar-refractivity contribution in [2.75, 3.05) is 157 Å². The van der Waals surface area contributed by atoms with Gasteiger partial charge < -0.3 is 73.2 Å². The van der Waals surface area contributed by atoms with Gasteiger partial charge in [0.2, 0.25) is 0 Å². The Morgan fingerprint density at radius 2 is 1.28 bits per heavy atom. The number of aliphatic hydroxyl groups is 1. The fourth-order valence-electron chi connectivity index (χ4n) is 11.7. The molecule has 1 aromatic heterocycles. The first-order valence-corrected chi connectivity index (χ1v) is 31.1. The van der Waals surface area contributed by atoms with E-state index in [1.807, 2.05) is 29.2 Å². The number of aromatic amines is 1. The number of carbonyl (C=O) groups excluding carboxylic acids is 2. The molecule has 2 fully saturated rings. The Labute approximate surface area is 515 Å². The zero-order valence-corrected chi connectivity index (χ0v) is 51.1. The van der Waals surface area contributed by atoms with Gasteiger partial charge in [-0.25, -0.2) is 0 Å². The zero-order chi connectivity index (χ0) is 61.9. The summed E-state index contributed by atoms with van der Waals surface area (Å²) < 4.78 is 50.7. The van der Waals surface area contributed by atoms with E-state index in [2.05, 4.69) is 52.6 Å². The van der Waals surface area contributed by atoms with E-state index in [4.69, 9.17) is 42.6 Å². The molecule has 4 aromatic carbocycles. The van der Waals surface area contributed by atoms with Gasteiger partial charge >= 0.3 is 0 Å². The summed E-state index contributed by atoms with van der Waals surface area (Å²) in [5, 5.41) is 41.0.